The Morgan fingerprint density at radius 1 is 0.667 bits per heavy atom. The fraction of sp³-hybridized carbons (Fsp3) is 0.100. The van der Waals surface area contributed by atoms with E-state index in [4.69, 9.17) is 4.98 Å². The van der Waals surface area contributed by atoms with Gasteiger partial charge in [-0.1, -0.05) is 97.6 Å². The van der Waals surface area contributed by atoms with E-state index in [0.29, 0.717) is 0 Å². The van der Waals surface area contributed by atoms with Gasteiger partial charge in [0.2, 0.25) is 0 Å². The maximum absolute atomic E-state index is 5.53. The second-order valence-corrected chi connectivity index (χ2v) is 10.6. The third-order valence-corrected chi connectivity index (χ3v) is 8.14. The Morgan fingerprint density at radius 3 is 2.07 bits per heavy atom. The summed E-state index contributed by atoms with van der Waals surface area (Å²) in [5.41, 5.74) is 9.17. The monoisotopic (exact) mass is 542 g/mol. The van der Waals surface area contributed by atoms with Gasteiger partial charge in [-0.3, -0.25) is 4.99 Å². The van der Waals surface area contributed by atoms with Crippen molar-refractivity contribution in [1.82, 2.24) is 4.98 Å². The minimum Gasteiger partial charge on any atom is -0.265 e. The molecular formula is C40H34N2. The van der Waals surface area contributed by atoms with Crippen molar-refractivity contribution in [2.24, 2.45) is 4.99 Å². The molecular weight excluding hydrogens is 508 g/mol. The Morgan fingerprint density at radius 2 is 1.33 bits per heavy atom. The second kappa shape index (κ2) is 11.4. The van der Waals surface area contributed by atoms with Crippen LogP contribution in [-0.4, -0.2) is 11.2 Å². The zero-order chi connectivity index (χ0) is 29.2. The topological polar surface area (TPSA) is 25.2 Å². The average Bonchev–Trinajstić information content (AvgIpc) is 3.01. The minimum absolute atomic E-state index is 1.01. The number of allylic oxidation sites excluding steroid dienone is 3. The predicted molar refractivity (Wildman–Crippen MR) is 186 cm³/mol. The van der Waals surface area contributed by atoms with E-state index >= 15 is 0 Å². The van der Waals surface area contributed by atoms with Crippen LogP contribution in [0.15, 0.2) is 109 Å². The zero-order valence-corrected chi connectivity index (χ0v) is 24.6. The molecule has 42 heavy (non-hydrogen) atoms. The number of benzene rings is 5. The summed E-state index contributed by atoms with van der Waals surface area (Å²) in [5, 5.41) is 8.44. The van der Waals surface area contributed by atoms with Crippen LogP contribution >= 0.6 is 0 Å². The van der Waals surface area contributed by atoms with Crippen LogP contribution in [0.5, 0.6) is 0 Å². The van der Waals surface area contributed by atoms with E-state index < -0.39 is 0 Å². The molecule has 1 heterocycles. The number of aliphatic imine (C=N–C) groups is 1. The van der Waals surface area contributed by atoms with E-state index in [-0.39, 0.29) is 0 Å². The quantitative estimate of drug-likeness (QED) is 0.117. The molecule has 0 N–H and O–H groups in total. The first kappa shape index (κ1) is 27.1. The minimum atomic E-state index is 1.01. The van der Waals surface area contributed by atoms with E-state index in [1.54, 1.807) is 12.4 Å². The van der Waals surface area contributed by atoms with E-state index in [1.165, 1.54) is 71.1 Å². The molecule has 2 nitrogen and oxygen atoms in total. The van der Waals surface area contributed by atoms with Gasteiger partial charge in [-0.15, -0.1) is 0 Å². The molecule has 6 rings (SSSR count). The van der Waals surface area contributed by atoms with Gasteiger partial charge in [0.25, 0.3) is 0 Å². The number of pyridine rings is 1. The molecule has 0 radical (unpaired) electrons. The van der Waals surface area contributed by atoms with E-state index in [1.807, 2.05) is 6.08 Å². The molecule has 6 aromatic rings. The maximum atomic E-state index is 5.53. The highest BCUT2D eigenvalue weighted by atomic mass is 14.7. The average molecular weight is 543 g/mol. The summed E-state index contributed by atoms with van der Waals surface area (Å²) >= 11 is 0. The molecule has 0 amide bonds. The first-order valence-electron chi connectivity index (χ1n) is 14.4. The Labute approximate surface area is 247 Å². The fourth-order valence-corrected chi connectivity index (χ4v) is 6.24. The van der Waals surface area contributed by atoms with Gasteiger partial charge >= 0.3 is 0 Å². The molecule has 2 heteroatoms. The van der Waals surface area contributed by atoms with Gasteiger partial charge in [0.05, 0.1) is 11.2 Å². The Kier molecular flexibility index (Phi) is 7.37. The zero-order valence-electron chi connectivity index (χ0n) is 24.6. The maximum Gasteiger partial charge on any atom is 0.0803 e. The molecule has 0 spiro atoms. The lowest BCUT2D eigenvalue weighted by molar-refractivity contribution is 1.31. The summed E-state index contributed by atoms with van der Waals surface area (Å²) in [5.74, 6) is 0. The van der Waals surface area contributed by atoms with Crippen molar-refractivity contribution >= 4 is 67.7 Å². The van der Waals surface area contributed by atoms with Crippen molar-refractivity contribution in [3.8, 4) is 11.3 Å². The fourth-order valence-electron chi connectivity index (χ4n) is 6.24. The van der Waals surface area contributed by atoms with Crippen LogP contribution in [0.1, 0.15) is 41.7 Å². The molecule has 0 fully saturated rings. The number of nitrogens with zero attached hydrogens (tertiary/aromatic N) is 2. The second-order valence-electron chi connectivity index (χ2n) is 10.6. The Hall–Kier alpha value is -5.08. The predicted octanol–water partition coefficient (Wildman–Crippen LogP) is 11.3. The van der Waals surface area contributed by atoms with E-state index in [2.05, 4.69) is 142 Å². The lowest BCUT2D eigenvalue weighted by Gasteiger charge is -2.22. The smallest absolute Gasteiger partial charge is 0.0803 e. The van der Waals surface area contributed by atoms with Gasteiger partial charge in [0, 0.05) is 28.8 Å². The number of hydrogen-bond acceptors (Lipinski definition) is 2. The van der Waals surface area contributed by atoms with Crippen molar-refractivity contribution in [3.63, 3.8) is 0 Å². The van der Waals surface area contributed by atoms with Gasteiger partial charge in [-0.2, -0.15) is 0 Å². The van der Waals surface area contributed by atoms with Gasteiger partial charge in [0.15, 0.2) is 0 Å². The van der Waals surface area contributed by atoms with Gasteiger partial charge in [-0.25, -0.2) is 4.98 Å². The molecule has 0 aliphatic rings. The highest BCUT2D eigenvalue weighted by molar-refractivity contribution is 6.23. The van der Waals surface area contributed by atoms with E-state index in [9.17, 15) is 0 Å². The molecule has 0 saturated heterocycles. The summed E-state index contributed by atoms with van der Waals surface area (Å²) in [4.78, 5) is 9.69. The molecule has 0 aliphatic heterocycles. The molecule has 1 aromatic heterocycles. The third-order valence-electron chi connectivity index (χ3n) is 8.14. The van der Waals surface area contributed by atoms with Gasteiger partial charge < -0.3 is 0 Å². The van der Waals surface area contributed by atoms with Crippen molar-refractivity contribution in [1.29, 1.82) is 0 Å². The lowest BCUT2D eigenvalue weighted by atomic mass is 9.83. The standard InChI is InChI=1S/C40H34N2/c1-6-14-31-27(5)38(33(15-7-2)26(4)32(31)20-13-23-41-8-3)40-39-34-19-12-11-16-28(34)21-22-35(39)36-24-29-17-9-10-18-30(29)25-37(36)42-40/h6-25H,3H2,1-2,4-5H3/b14-6-,15-7-,20-13+,41-23?. The highest BCUT2D eigenvalue weighted by Crippen LogP contribution is 2.43. The van der Waals surface area contributed by atoms with Crippen LogP contribution in [-0.2, 0) is 0 Å². The summed E-state index contributed by atoms with van der Waals surface area (Å²) in [6.45, 7) is 12.3. The molecule has 0 atom stereocenters. The first-order chi connectivity index (χ1) is 20.6. The molecule has 0 bridgehead atoms. The SMILES string of the molecule is C=CN=C/C=C/c1c(C)c(/C=C\C)c(-c2nc3cc4ccccc4cc3c3ccc4ccccc4c23)c(C)c1/C=C\C. The number of fused-ring (bicyclic) bond motifs is 6. The molecule has 0 aliphatic carbocycles. The summed E-state index contributed by atoms with van der Waals surface area (Å²) in [6, 6.07) is 26.3. The lowest BCUT2D eigenvalue weighted by Crippen LogP contribution is -2.03. The van der Waals surface area contributed by atoms with Crippen LogP contribution in [0.2, 0.25) is 0 Å². The summed E-state index contributed by atoms with van der Waals surface area (Å²) in [6.07, 6.45) is 16.1. The van der Waals surface area contributed by atoms with Crippen molar-refractivity contribution in [2.45, 2.75) is 27.7 Å². The van der Waals surface area contributed by atoms with Crippen molar-refractivity contribution in [2.75, 3.05) is 0 Å². The Bertz CT molecular complexity index is 2140. The van der Waals surface area contributed by atoms with Gasteiger partial charge in [0.1, 0.15) is 0 Å². The Balaban J connectivity index is 1.82. The van der Waals surface area contributed by atoms with Crippen molar-refractivity contribution < 1.29 is 0 Å². The van der Waals surface area contributed by atoms with Crippen LogP contribution < -0.4 is 0 Å². The van der Waals surface area contributed by atoms with Crippen molar-refractivity contribution in [3.05, 3.63) is 132 Å². The molecule has 0 unspecified atom stereocenters. The molecule has 0 saturated carbocycles. The van der Waals surface area contributed by atoms with Crippen LogP contribution in [0.25, 0.3) is 72.7 Å². The van der Waals surface area contributed by atoms with E-state index in [0.717, 1.165) is 11.2 Å². The summed E-state index contributed by atoms with van der Waals surface area (Å²) in [7, 11) is 0. The molecule has 204 valence electrons. The largest absolute Gasteiger partial charge is 0.265 e. The third kappa shape index (κ3) is 4.55. The van der Waals surface area contributed by atoms with Gasteiger partial charge in [-0.05, 0) is 101 Å². The van der Waals surface area contributed by atoms with Crippen LogP contribution in [0.3, 0.4) is 0 Å². The highest BCUT2D eigenvalue weighted by Gasteiger charge is 2.22. The normalized spacial score (nSPS) is 12.5. The first-order valence-corrected chi connectivity index (χ1v) is 14.4. The number of hydrogen-bond donors (Lipinski definition) is 0. The molecule has 5 aromatic carbocycles. The van der Waals surface area contributed by atoms with Crippen LogP contribution in [0.4, 0.5) is 0 Å². The summed E-state index contributed by atoms with van der Waals surface area (Å²) < 4.78 is 0. The number of aromatic nitrogens is 1. The van der Waals surface area contributed by atoms with Crippen LogP contribution in [0, 0.1) is 13.8 Å². The number of rotatable bonds is 6.